The van der Waals surface area contributed by atoms with Crippen molar-refractivity contribution in [2.45, 2.75) is 22.7 Å². The number of halogens is 1. The van der Waals surface area contributed by atoms with Gasteiger partial charge in [0, 0.05) is 22.0 Å². The van der Waals surface area contributed by atoms with E-state index in [4.69, 9.17) is 9.47 Å². The van der Waals surface area contributed by atoms with E-state index in [9.17, 15) is 23.6 Å². The van der Waals surface area contributed by atoms with Crippen molar-refractivity contribution in [2.75, 3.05) is 24.4 Å². The van der Waals surface area contributed by atoms with Crippen molar-refractivity contribution >= 4 is 52.2 Å². The molecule has 0 aliphatic carbocycles. The number of ether oxygens (including phenoxy) is 2. The van der Waals surface area contributed by atoms with E-state index in [2.05, 4.69) is 5.32 Å². The summed E-state index contributed by atoms with van der Waals surface area (Å²) < 4.78 is 25.8. The smallest absolute Gasteiger partial charge is 0.308 e. The van der Waals surface area contributed by atoms with Crippen LogP contribution in [0.2, 0.25) is 0 Å². The fourth-order valence-corrected chi connectivity index (χ4v) is 8.14. The Kier molecular flexibility index (Phi) is 7.33. The van der Waals surface area contributed by atoms with Crippen molar-refractivity contribution in [3.63, 3.8) is 0 Å². The van der Waals surface area contributed by atoms with Gasteiger partial charge >= 0.3 is 4.87 Å². The first-order valence-corrected chi connectivity index (χ1v) is 14.6. The van der Waals surface area contributed by atoms with Crippen LogP contribution in [-0.4, -0.2) is 41.8 Å². The minimum absolute atomic E-state index is 0.264. The minimum atomic E-state index is -0.880. The molecule has 6 rings (SSSR count). The number of thiazole rings is 1. The van der Waals surface area contributed by atoms with Gasteiger partial charge in [-0.1, -0.05) is 41.3 Å². The van der Waals surface area contributed by atoms with E-state index in [1.807, 2.05) is 6.07 Å². The van der Waals surface area contributed by atoms with Crippen molar-refractivity contribution in [1.29, 1.82) is 0 Å². The molecular formula is C30H24FN3O6S2. The summed E-state index contributed by atoms with van der Waals surface area (Å²) >= 11 is 2.05. The fourth-order valence-electron chi connectivity index (χ4n) is 5.38. The van der Waals surface area contributed by atoms with Gasteiger partial charge in [-0.15, -0.1) is 0 Å². The van der Waals surface area contributed by atoms with Gasteiger partial charge in [-0.05, 0) is 54.6 Å². The van der Waals surface area contributed by atoms with Crippen molar-refractivity contribution < 1.29 is 28.2 Å². The van der Waals surface area contributed by atoms with Crippen LogP contribution in [0.25, 0.3) is 0 Å². The number of nitrogens with zero attached hydrogens (tertiary/aromatic N) is 2. The van der Waals surface area contributed by atoms with Crippen molar-refractivity contribution in [3.8, 4) is 11.5 Å². The van der Waals surface area contributed by atoms with Gasteiger partial charge < -0.3 is 14.8 Å². The Hall–Kier alpha value is -4.42. The maximum Gasteiger partial charge on any atom is 0.308 e. The zero-order valence-corrected chi connectivity index (χ0v) is 24.0. The Labute approximate surface area is 247 Å². The summed E-state index contributed by atoms with van der Waals surface area (Å²) in [5.41, 5.74) is 1.44. The quantitative estimate of drug-likeness (QED) is 0.309. The first-order chi connectivity index (χ1) is 20.3. The summed E-state index contributed by atoms with van der Waals surface area (Å²) in [6.07, 6.45) is 0. The Balaban J connectivity index is 1.41. The van der Waals surface area contributed by atoms with Gasteiger partial charge in [-0.3, -0.25) is 23.7 Å². The van der Waals surface area contributed by atoms with E-state index in [0.717, 1.165) is 28.0 Å². The average molecular weight is 606 g/mol. The van der Waals surface area contributed by atoms with Crippen LogP contribution < -0.4 is 24.6 Å². The lowest BCUT2D eigenvalue weighted by Gasteiger charge is -2.31. The Bertz CT molecular complexity index is 1750. The van der Waals surface area contributed by atoms with E-state index < -0.39 is 40.6 Å². The summed E-state index contributed by atoms with van der Waals surface area (Å²) in [7, 11) is 3.06. The SMILES string of the molecule is COc1ccc(NC(=O)Cn2c3c(sc2=O)[C@@H](c2ccccc2OC)[C@@H]2C(=O)N(c4ccc(F)cc4)C(=O)[C@@H]2S3)cc1. The molecule has 1 aromatic heterocycles. The Morgan fingerprint density at radius 1 is 0.929 bits per heavy atom. The van der Waals surface area contributed by atoms with Gasteiger partial charge in [0.25, 0.3) is 0 Å². The lowest BCUT2D eigenvalue weighted by molar-refractivity contribution is -0.122. The molecule has 0 unspecified atom stereocenters. The number of hydrogen-bond donors (Lipinski definition) is 1. The molecule has 1 saturated heterocycles. The van der Waals surface area contributed by atoms with E-state index in [1.54, 1.807) is 49.6 Å². The van der Waals surface area contributed by atoms with Crippen LogP contribution in [-0.2, 0) is 20.9 Å². The summed E-state index contributed by atoms with van der Waals surface area (Å²) in [6, 6.07) is 19.1. The van der Waals surface area contributed by atoms with Crippen LogP contribution >= 0.6 is 23.1 Å². The molecule has 1 fully saturated rings. The number of hydrogen-bond acceptors (Lipinski definition) is 8. The number of fused-ring (bicyclic) bond motifs is 2. The van der Waals surface area contributed by atoms with Gasteiger partial charge in [0.1, 0.15) is 29.1 Å². The monoisotopic (exact) mass is 605 g/mol. The molecule has 2 aliphatic rings. The van der Waals surface area contributed by atoms with Crippen LogP contribution in [0, 0.1) is 11.7 Å². The molecule has 2 aliphatic heterocycles. The molecular weight excluding hydrogens is 581 g/mol. The highest BCUT2D eigenvalue weighted by Gasteiger charge is 2.57. The molecule has 3 heterocycles. The maximum absolute atomic E-state index is 14.0. The molecule has 42 heavy (non-hydrogen) atoms. The third kappa shape index (κ3) is 4.76. The Morgan fingerprint density at radius 3 is 2.33 bits per heavy atom. The number of nitrogens with one attached hydrogen (secondary N) is 1. The largest absolute Gasteiger partial charge is 0.497 e. The zero-order chi connectivity index (χ0) is 29.5. The second kappa shape index (κ2) is 11.1. The molecule has 0 spiro atoms. The molecule has 3 amide bonds. The minimum Gasteiger partial charge on any atom is -0.497 e. The lowest BCUT2D eigenvalue weighted by atomic mass is 9.82. The van der Waals surface area contributed by atoms with Crippen molar-refractivity contribution in [1.82, 2.24) is 4.57 Å². The second-order valence-corrected chi connectivity index (χ2v) is 11.8. The fraction of sp³-hybridized carbons (Fsp3) is 0.200. The molecule has 4 aromatic rings. The van der Waals surface area contributed by atoms with Gasteiger partial charge in [0.15, 0.2) is 0 Å². The van der Waals surface area contributed by atoms with Crippen LogP contribution in [0.5, 0.6) is 11.5 Å². The van der Waals surface area contributed by atoms with Gasteiger partial charge in [0.05, 0.1) is 30.9 Å². The number of para-hydroxylation sites is 1. The molecule has 3 aromatic carbocycles. The second-order valence-electron chi connectivity index (χ2n) is 9.67. The topological polar surface area (TPSA) is 107 Å². The number of rotatable bonds is 7. The van der Waals surface area contributed by atoms with Crippen LogP contribution in [0.4, 0.5) is 15.8 Å². The third-order valence-corrected chi connectivity index (χ3v) is 9.89. The summed E-state index contributed by atoms with van der Waals surface area (Å²) in [5, 5.41) is 2.36. The number of carbonyl (C=O) groups is 3. The third-order valence-electron chi connectivity index (χ3n) is 7.28. The number of carbonyl (C=O) groups excluding carboxylic acids is 3. The standard InChI is InChI=1S/C30H24FN3O6S2/c1-39-19-13-9-17(10-14-19)32-22(35)15-33-29-26(42-30(33)38)23(20-5-3-4-6-21(20)40-2)24-25(41-29)28(37)34(27(24)36)18-11-7-16(31)8-12-18/h3-14,23-25H,15H2,1-2H3,(H,32,35)/t23-,24-,25+/m0/s1. The number of amides is 3. The van der Waals surface area contributed by atoms with E-state index >= 15 is 0 Å². The summed E-state index contributed by atoms with van der Waals surface area (Å²) in [5.74, 6) is -2.24. The molecule has 0 bridgehead atoms. The number of benzene rings is 3. The lowest BCUT2D eigenvalue weighted by Crippen LogP contribution is -2.33. The predicted octanol–water partition coefficient (Wildman–Crippen LogP) is 4.50. The highest BCUT2D eigenvalue weighted by Crippen LogP contribution is 2.55. The van der Waals surface area contributed by atoms with E-state index in [1.165, 1.54) is 35.9 Å². The normalized spacial score (nSPS) is 19.3. The maximum atomic E-state index is 14.0. The molecule has 9 nitrogen and oxygen atoms in total. The number of imide groups is 1. The van der Waals surface area contributed by atoms with Crippen molar-refractivity contribution in [2.24, 2.45) is 5.92 Å². The van der Waals surface area contributed by atoms with E-state index in [-0.39, 0.29) is 17.1 Å². The highest BCUT2D eigenvalue weighted by molar-refractivity contribution is 8.00. The first kappa shape index (κ1) is 27.7. The molecule has 3 atom stereocenters. The summed E-state index contributed by atoms with van der Waals surface area (Å²) in [6.45, 7) is -0.288. The highest BCUT2D eigenvalue weighted by atomic mass is 32.2. The molecule has 1 N–H and O–H groups in total. The predicted molar refractivity (Wildman–Crippen MR) is 157 cm³/mol. The van der Waals surface area contributed by atoms with Gasteiger partial charge in [-0.2, -0.15) is 0 Å². The van der Waals surface area contributed by atoms with E-state index in [0.29, 0.717) is 32.7 Å². The molecule has 0 saturated carbocycles. The summed E-state index contributed by atoms with van der Waals surface area (Å²) in [4.78, 5) is 55.4. The Morgan fingerprint density at radius 2 is 1.64 bits per heavy atom. The number of thioether (sulfide) groups is 1. The number of anilines is 2. The number of aromatic nitrogens is 1. The molecule has 0 radical (unpaired) electrons. The first-order valence-electron chi connectivity index (χ1n) is 12.9. The van der Waals surface area contributed by atoms with Crippen LogP contribution in [0.15, 0.2) is 82.6 Å². The van der Waals surface area contributed by atoms with Crippen LogP contribution in [0.3, 0.4) is 0 Å². The van der Waals surface area contributed by atoms with Crippen molar-refractivity contribution in [3.05, 3.63) is 98.7 Å². The average Bonchev–Trinajstić information content (AvgIpc) is 3.44. The van der Waals surface area contributed by atoms with Gasteiger partial charge in [0.2, 0.25) is 17.7 Å². The van der Waals surface area contributed by atoms with Crippen LogP contribution in [0.1, 0.15) is 16.4 Å². The molecule has 12 heteroatoms. The number of methoxy groups -OCH3 is 2. The molecule has 214 valence electrons. The zero-order valence-electron chi connectivity index (χ0n) is 22.4. The van der Waals surface area contributed by atoms with Gasteiger partial charge in [-0.25, -0.2) is 9.29 Å².